The van der Waals surface area contributed by atoms with Crippen LogP contribution in [0.25, 0.3) is 11.0 Å². The third-order valence-corrected chi connectivity index (χ3v) is 1.90. The molecular weight excluding hydrogens is 154 g/mol. The number of rotatable bonds is 1. The molecule has 2 N–H and O–H groups in total. The Labute approximate surface area is 69.3 Å². The first kappa shape index (κ1) is 7.24. The van der Waals surface area contributed by atoms with Gasteiger partial charge < -0.3 is 10.1 Å². The van der Waals surface area contributed by atoms with Crippen molar-refractivity contribution in [1.82, 2.24) is 15.0 Å². The predicted octanol–water partition coefficient (Wildman–Crippen LogP) is 0.759. The topological polar surface area (TPSA) is 61.8 Å². The molecule has 0 atom stereocenters. The van der Waals surface area contributed by atoms with Gasteiger partial charge in [0.25, 0.3) is 0 Å². The zero-order valence-electron chi connectivity index (χ0n) is 6.70. The first-order valence-corrected chi connectivity index (χ1v) is 3.71. The molecule has 2 heterocycles. The summed E-state index contributed by atoms with van der Waals surface area (Å²) >= 11 is 0. The third-order valence-electron chi connectivity index (χ3n) is 1.90. The number of hydrogen-bond donors (Lipinski definition) is 2. The van der Waals surface area contributed by atoms with Crippen molar-refractivity contribution in [2.45, 2.75) is 13.5 Å². The summed E-state index contributed by atoms with van der Waals surface area (Å²) < 4.78 is 0. The van der Waals surface area contributed by atoms with E-state index in [1.807, 2.05) is 13.1 Å². The maximum absolute atomic E-state index is 8.97. The Morgan fingerprint density at radius 2 is 2.33 bits per heavy atom. The zero-order chi connectivity index (χ0) is 8.55. The van der Waals surface area contributed by atoms with E-state index in [0.29, 0.717) is 5.69 Å². The maximum atomic E-state index is 8.97. The number of aromatic nitrogens is 3. The third kappa shape index (κ3) is 0.887. The van der Waals surface area contributed by atoms with E-state index in [1.165, 1.54) is 6.33 Å². The van der Waals surface area contributed by atoms with Crippen LogP contribution in [0.15, 0.2) is 12.5 Å². The number of nitrogens with zero attached hydrogens (tertiary/aromatic N) is 2. The molecule has 4 nitrogen and oxygen atoms in total. The van der Waals surface area contributed by atoms with Gasteiger partial charge in [-0.3, -0.25) is 0 Å². The van der Waals surface area contributed by atoms with E-state index >= 15 is 0 Å². The number of aryl methyl sites for hydroxylation is 1. The van der Waals surface area contributed by atoms with Crippen LogP contribution < -0.4 is 0 Å². The van der Waals surface area contributed by atoms with Gasteiger partial charge in [-0.2, -0.15) is 0 Å². The Morgan fingerprint density at radius 1 is 1.50 bits per heavy atom. The van der Waals surface area contributed by atoms with E-state index in [0.717, 1.165) is 16.6 Å². The van der Waals surface area contributed by atoms with Crippen LogP contribution in [0, 0.1) is 6.92 Å². The first-order chi connectivity index (χ1) is 5.83. The van der Waals surface area contributed by atoms with Gasteiger partial charge in [0.1, 0.15) is 12.0 Å². The van der Waals surface area contributed by atoms with Gasteiger partial charge in [-0.25, -0.2) is 9.97 Å². The molecule has 0 unspecified atom stereocenters. The minimum atomic E-state index is -0.0439. The fourth-order valence-corrected chi connectivity index (χ4v) is 1.31. The summed E-state index contributed by atoms with van der Waals surface area (Å²) in [5.41, 5.74) is 2.53. The second-order valence-electron chi connectivity index (χ2n) is 2.67. The fraction of sp³-hybridized carbons (Fsp3) is 0.250. The molecule has 0 bridgehead atoms. The van der Waals surface area contributed by atoms with Crippen LogP contribution in [0.4, 0.5) is 0 Å². The monoisotopic (exact) mass is 163 g/mol. The molecule has 2 rings (SSSR count). The minimum Gasteiger partial charge on any atom is -0.390 e. The average molecular weight is 163 g/mol. The molecule has 0 spiro atoms. The number of hydrogen-bond acceptors (Lipinski definition) is 3. The summed E-state index contributed by atoms with van der Waals surface area (Å²) in [4.78, 5) is 11.0. The molecule has 0 aliphatic rings. The van der Waals surface area contributed by atoms with Crippen molar-refractivity contribution in [1.29, 1.82) is 0 Å². The van der Waals surface area contributed by atoms with Gasteiger partial charge in [0.2, 0.25) is 0 Å². The van der Waals surface area contributed by atoms with E-state index in [1.54, 1.807) is 0 Å². The zero-order valence-corrected chi connectivity index (χ0v) is 6.70. The van der Waals surface area contributed by atoms with E-state index < -0.39 is 0 Å². The van der Waals surface area contributed by atoms with E-state index in [2.05, 4.69) is 15.0 Å². The van der Waals surface area contributed by atoms with Crippen LogP contribution in [0.5, 0.6) is 0 Å². The summed E-state index contributed by atoms with van der Waals surface area (Å²) in [7, 11) is 0. The van der Waals surface area contributed by atoms with Crippen LogP contribution >= 0.6 is 0 Å². The SMILES string of the molecule is Cc1c[nH]c2ncnc(CO)c12. The lowest BCUT2D eigenvalue weighted by atomic mass is 10.2. The van der Waals surface area contributed by atoms with Crippen LogP contribution in [0.2, 0.25) is 0 Å². The lowest BCUT2D eigenvalue weighted by Crippen LogP contribution is -1.91. The number of aromatic amines is 1. The van der Waals surface area contributed by atoms with Gasteiger partial charge in [0.05, 0.1) is 12.3 Å². The highest BCUT2D eigenvalue weighted by atomic mass is 16.3. The first-order valence-electron chi connectivity index (χ1n) is 3.71. The van der Waals surface area contributed by atoms with Crippen molar-refractivity contribution in [3.05, 3.63) is 23.8 Å². The highest BCUT2D eigenvalue weighted by Crippen LogP contribution is 2.17. The van der Waals surface area contributed by atoms with Gasteiger partial charge in [0, 0.05) is 11.6 Å². The Hall–Kier alpha value is -1.42. The Morgan fingerprint density at radius 3 is 3.08 bits per heavy atom. The van der Waals surface area contributed by atoms with Gasteiger partial charge in [-0.05, 0) is 12.5 Å². The van der Waals surface area contributed by atoms with Crippen LogP contribution in [0.1, 0.15) is 11.3 Å². The van der Waals surface area contributed by atoms with Crippen molar-refractivity contribution in [2.24, 2.45) is 0 Å². The highest BCUT2D eigenvalue weighted by molar-refractivity contribution is 5.81. The van der Waals surface area contributed by atoms with Crippen molar-refractivity contribution in [2.75, 3.05) is 0 Å². The Kier molecular flexibility index (Phi) is 1.55. The molecular formula is C8H9N3O. The predicted molar refractivity (Wildman–Crippen MR) is 44.5 cm³/mol. The quantitative estimate of drug-likeness (QED) is 0.652. The largest absolute Gasteiger partial charge is 0.390 e. The smallest absolute Gasteiger partial charge is 0.141 e. The molecule has 2 aromatic rings. The molecule has 0 saturated carbocycles. The molecule has 0 aromatic carbocycles. The van der Waals surface area contributed by atoms with Crippen molar-refractivity contribution < 1.29 is 5.11 Å². The van der Waals surface area contributed by atoms with Crippen LogP contribution in [-0.2, 0) is 6.61 Å². The summed E-state index contributed by atoms with van der Waals surface area (Å²) in [5, 5.41) is 9.90. The lowest BCUT2D eigenvalue weighted by Gasteiger charge is -1.96. The second-order valence-corrected chi connectivity index (χ2v) is 2.67. The highest BCUT2D eigenvalue weighted by Gasteiger charge is 2.05. The standard InChI is InChI=1S/C8H9N3O/c1-5-2-9-8-7(5)6(3-12)10-4-11-8/h2,4,12H,3H2,1H3,(H,9,10,11). The molecule has 0 aliphatic carbocycles. The van der Waals surface area contributed by atoms with Gasteiger partial charge >= 0.3 is 0 Å². The molecule has 62 valence electrons. The van der Waals surface area contributed by atoms with Crippen molar-refractivity contribution in [3.63, 3.8) is 0 Å². The summed E-state index contributed by atoms with van der Waals surface area (Å²) in [6.07, 6.45) is 3.31. The number of nitrogens with one attached hydrogen (secondary N) is 1. The molecule has 0 fully saturated rings. The molecule has 0 amide bonds. The number of aliphatic hydroxyl groups is 1. The summed E-state index contributed by atoms with van der Waals surface area (Å²) in [5.74, 6) is 0. The fourth-order valence-electron chi connectivity index (χ4n) is 1.31. The molecule has 0 aliphatic heterocycles. The van der Waals surface area contributed by atoms with Gasteiger partial charge in [-0.1, -0.05) is 0 Å². The van der Waals surface area contributed by atoms with Crippen LogP contribution in [0.3, 0.4) is 0 Å². The van der Waals surface area contributed by atoms with Gasteiger partial charge in [0.15, 0.2) is 0 Å². The van der Waals surface area contributed by atoms with Crippen LogP contribution in [-0.4, -0.2) is 20.1 Å². The Bertz CT molecular complexity index is 408. The van der Waals surface area contributed by atoms with E-state index in [4.69, 9.17) is 5.11 Å². The minimum absolute atomic E-state index is 0.0439. The average Bonchev–Trinajstić information content (AvgIpc) is 2.48. The number of fused-ring (bicyclic) bond motifs is 1. The molecule has 2 aromatic heterocycles. The summed E-state index contributed by atoms with van der Waals surface area (Å²) in [6, 6.07) is 0. The van der Waals surface area contributed by atoms with Crippen molar-refractivity contribution >= 4 is 11.0 Å². The lowest BCUT2D eigenvalue weighted by molar-refractivity contribution is 0.278. The Balaban J connectivity index is 2.84. The number of H-pyrrole nitrogens is 1. The summed E-state index contributed by atoms with van der Waals surface area (Å²) in [6.45, 7) is 1.92. The number of aliphatic hydroxyl groups excluding tert-OH is 1. The molecule has 0 saturated heterocycles. The molecule has 0 radical (unpaired) electrons. The molecule has 4 heteroatoms. The normalized spacial score (nSPS) is 10.8. The second kappa shape index (κ2) is 2.57. The molecule has 12 heavy (non-hydrogen) atoms. The van der Waals surface area contributed by atoms with Crippen molar-refractivity contribution in [3.8, 4) is 0 Å². The van der Waals surface area contributed by atoms with E-state index in [9.17, 15) is 0 Å². The van der Waals surface area contributed by atoms with Gasteiger partial charge in [-0.15, -0.1) is 0 Å². The maximum Gasteiger partial charge on any atom is 0.141 e. The van der Waals surface area contributed by atoms with E-state index in [-0.39, 0.29) is 6.61 Å².